The number of nitrogens with two attached hydrogens (primary N) is 1. The summed E-state index contributed by atoms with van der Waals surface area (Å²) < 4.78 is 11.2. The van der Waals surface area contributed by atoms with Gasteiger partial charge >= 0.3 is 5.97 Å². The molecule has 0 spiro atoms. The van der Waals surface area contributed by atoms with Crippen LogP contribution in [0, 0.1) is 24.7 Å². The van der Waals surface area contributed by atoms with E-state index in [-0.39, 0.29) is 18.3 Å². The van der Waals surface area contributed by atoms with Crippen molar-refractivity contribution < 1.29 is 19.1 Å². The standard InChI is InChI=1S/C20H29NO4/c1-12(2)15-7-5-14(4)10-18(15)25-19(22)11-24-17-9-13(3)6-8-16(17)20(21)23/h6,8-9,12,14-15,18H,5,7,10-11H2,1-4H3,(H2,21,23)/t14-,15+,18-/m0/s1. The highest BCUT2D eigenvalue weighted by Gasteiger charge is 2.33. The smallest absolute Gasteiger partial charge is 0.344 e. The van der Waals surface area contributed by atoms with Gasteiger partial charge in [0.15, 0.2) is 6.61 Å². The third-order valence-electron chi connectivity index (χ3n) is 4.99. The number of hydrogen-bond acceptors (Lipinski definition) is 4. The number of ether oxygens (including phenoxy) is 2. The lowest BCUT2D eigenvalue weighted by atomic mass is 9.75. The average molecular weight is 347 g/mol. The molecule has 5 heteroatoms. The van der Waals surface area contributed by atoms with E-state index in [1.807, 2.05) is 6.92 Å². The lowest BCUT2D eigenvalue weighted by Gasteiger charge is -2.36. The van der Waals surface area contributed by atoms with E-state index < -0.39 is 11.9 Å². The normalized spacial score (nSPS) is 23.3. The number of benzene rings is 1. The summed E-state index contributed by atoms with van der Waals surface area (Å²) in [5, 5.41) is 0. The summed E-state index contributed by atoms with van der Waals surface area (Å²) in [6, 6.07) is 5.09. The number of primary amides is 1. The van der Waals surface area contributed by atoms with Gasteiger partial charge in [-0.05, 0) is 55.2 Å². The minimum atomic E-state index is -0.579. The fourth-order valence-corrected chi connectivity index (χ4v) is 3.54. The van der Waals surface area contributed by atoms with Crippen molar-refractivity contribution in [1.82, 2.24) is 0 Å². The molecule has 1 aromatic rings. The molecule has 1 aliphatic carbocycles. The van der Waals surface area contributed by atoms with Gasteiger partial charge in [-0.1, -0.05) is 33.3 Å². The van der Waals surface area contributed by atoms with Gasteiger partial charge in [-0.3, -0.25) is 4.79 Å². The van der Waals surface area contributed by atoms with Gasteiger partial charge in [-0.2, -0.15) is 0 Å². The molecule has 5 nitrogen and oxygen atoms in total. The fourth-order valence-electron chi connectivity index (χ4n) is 3.54. The van der Waals surface area contributed by atoms with Crippen LogP contribution >= 0.6 is 0 Å². The van der Waals surface area contributed by atoms with Crippen LogP contribution < -0.4 is 10.5 Å². The van der Waals surface area contributed by atoms with Crippen molar-refractivity contribution in [3.8, 4) is 5.75 Å². The maximum atomic E-state index is 12.3. The summed E-state index contributed by atoms with van der Waals surface area (Å²) >= 11 is 0. The molecule has 1 aromatic carbocycles. The van der Waals surface area contributed by atoms with E-state index in [2.05, 4.69) is 20.8 Å². The molecule has 2 N–H and O–H groups in total. The summed E-state index contributed by atoms with van der Waals surface area (Å²) in [6.45, 7) is 8.19. The van der Waals surface area contributed by atoms with Crippen molar-refractivity contribution in [3.63, 3.8) is 0 Å². The molecule has 1 aliphatic rings. The van der Waals surface area contributed by atoms with Crippen molar-refractivity contribution in [2.75, 3.05) is 6.61 Å². The van der Waals surface area contributed by atoms with Gasteiger partial charge < -0.3 is 15.2 Å². The van der Waals surface area contributed by atoms with Gasteiger partial charge in [0.2, 0.25) is 0 Å². The number of hydrogen-bond donors (Lipinski definition) is 1. The van der Waals surface area contributed by atoms with E-state index in [0.29, 0.717) is 23.5 Å². The van der Waals surface area contributed by atoms with E-state index in [1.165, 1.54) is 6.42 Å². The maximum absolute atomic E-state index is 12.3. The molecule has 3 atom stereocenters. The molecule has 1 amide bonds. The molecule has 1 saturated carbocycles. The Hall–Kier alpha value is -2.04. The zero-order valence-electron chi connectivity index (χ0n) is 15.6. The summed E-state index contributed by atoms with van der Waals surface area (Å²) in [4.78, 5) is 23.7. The molecule has 0 aliphatic heterocycles. The highest BCUT2D eigenvalue weighted by Crippen LogP contribution is 2.35. The Morgan fingerprint density at radius 2 is 2.00 bits per heavy atom. The van der Waals surface area contributed by atoms with Crippen molar-refractivity contribution in [3.05, 3.63) is 29.3 Å². The van der Waals surface area contributed by atoms with Gasteiger partial charge in [0.25, 0.3) is 5.91 Å². The second-order valence-electron chi connectivity index (χ2n) is 7.51. The first-order valence-electron chi connectivity index (χ1n) is 9.00. The third kappa shape index (κ3) is 5.21. The van der Waals surface area contributed by atoms with E-state index in [9.17, 15) is 9.59 Å². The quantitative estimate of drug-likeness (QED) is 0.799. The molecule has 2 rings (SSSR count). The number of aryl methyl sites for hydroxylation is 1. The molecule has 0 unspecified atom stereocenters. The highest BCUT2D eigenvalue weighted by molar-refractivity contribution is 5.95. The Bertz CT molecular complexity index is 626. The minimum Gasteiger partial charge on any atom is -0.481 e. The number of rotatable bonds is 6. The Kier molecular flexibility index (Phi) is 6.45. The summed E-state index contributed by atoms with van der Waals surface area (Å²) in [6.07, 6.45) is 3.10. The predicted molar refractivity (Wildman–Crippen MR) is 96.4 cm³/mol. The molecule has 0 aromatic heterocycles. The molecule has 0 saturated heterocycles. The van der Waals surface area contributed by atoms with Crippen LogP contribution in [0.15, 0.2) is 18.2 Å². The largest absolute Gasteiger partial charge is 0.481 e. The van der Waals surface area contributed by atoms with Crippen LogP contribution in [0.1, 0.15) is 56.0 Å². The minimum absolute atomic E-state index is 0.0621. The highest BCUT2D eigenvalue weighted by atomic mass is 16.6. The molecular formula is C20H29NO4. The third-order valence-corrected chi connectivity index (χ3v) is 4.99. The Morgan fingerprint density at radius 1 is 1.28 bits per heavy atom. The fraction of sp³-hybridized carbons (Fsp3) is 0.600. The lowest BCUT2D eigenvalue weighted by molar-refractivity contribution is -0.158. The molecule has 138 valence electrons. The van der Waals surface area contributed by atoms with Gasteiger partial charge in [-0.15, -0.1) is 0 Å². The van der Waals surface area contributed by atoms with Crippen molar-refractivity contribution in [1.29, 1.82) is 0 Å². The van der Waals surface area contributed by atoms with E-state index >= 15 is 0 Å². The summed E-state index contributed by atoms with van der Waals surface area (Å²) in [5.74, 6) is 0.768. The van der Waals surface area contributed by atoms with E-state index in [4.69, 9.17) is 15.2 Å². The second-order valence-corrected chi connectivity index (χ2v) is 7.51. The van der Waals surface area contributed by atoms with Gasteiger partial charge in [0, 0.05) is 0 Å². The summed E-state index contributed by atoms with van der Waals surface area (Å²) in [7, 11) is 0. The van der Waals surface area contributed by atoms with Crippen LogP contribution in [0.25, 0.3) is 0 Å². The molecule has 1 fully saturated rings. The van der Waals surface area contributed by atoms with Crippen LogP contribution in [-0.4, -0.2) is 24.6 Å². The number of carbonyl (C=O) groups is 2. The lowest BCUT2D eigenvalue weighted by Crippen LogP contribution is -2.37. The Balaban J connectivity index is 1.98. The van der Waals surface area contributed by atoms with Crippen LogP contribution in [0.4, 0.5) is 0 Å². The topological polar surface area (TPSA) is 78.6 Å². The van der Waals surface area contributed by atoms with Crippen molar-refractivity contribution >= 4 is 11.9 Å². The molecule has 0 radical (unpaired) electrons. The average Bonchev–Trinajstić information content (AvgIpc) is 2.52. The Morgan fingerprint density at radius 3 is 2.64 bits per heavy atom. The molecule has 0 bridgehead atoms. The molecule has 25 heavy (non-hydrogen) atoms. The number of esters is 1. The maximum Gasteiger partial charge on any atom is 0.344 e. The Labute approximate surface area is 149 Å². The first kappa shape index (κ1) is 19.3. The van der Waals surface area contributed by atoms with Crippen LogP contribution in [0.2, 0.25) is 0 Å². The van der Waals surface area contributed by atoms with Gasteiger partial charge in [0.05, 0.1) is 5.56 Å². The van der Waals surface area contributed by atoms with Crippen LogP contribution in [0.5, 0.6) is 5.75 Å². The van der Waals surface area contributed by atoms with Gasteiger partial charge in [-0.25, -0.2) is 4.79 Å². The SMILES string of the molecule is Cc1ccc(C(N)=O)c(OCC(=O)O[C@H]2C[C@@H](C)CC[C@@H]2C(C)C)c1. The first-order valence-corrected chi connectivity index (χ1v) is 9.00. The summed E-state index contributed by atoms with van der Waals surface area (Å²) in [5.41, 5.74) is 6.55. The zero-order valence-corrected chi connectivity index (χ0v) is 15.6. The number of carbonyl (C=O) groups excluding carboxylic acids is 2. The monoisotopic (exact) mass is 347 g/mol. The number of amides is 1. The van der Waals surface area contributed by atoms with E-state index in [1.54, 1.807) is 18.2 Å². The second kappa shape index (κ2) is 8.37. The van der Waals surface area contributed by atoms with Gasteiger partial charge in [0.1, 0.15) is 11.9 Å². The van der Waals surface area contributed by atoms with E-state index in [0.717, 1.165) is 18.4 Å². The molecule has 0 heterocycles. The predicted octanol–water partition coefficient (Wildman–Crippen LogP) is 3.48. The van der Waals surface area contributed by atoms with Crippen LogP contribution in [-0.2, 0) is 9.53 Å². The van der Waals surface area contributed by atoms with Crippen molar-refractivity contribution in [2.24, 2.45) is 23.5 Å². The van der Waals surface area contributed by atoms with Crippen LogP contribution in [0.3, 0.4) is 0 Å². The zero-order chi connectivity index (χ0) is 18.6. The van der Waals surface area contributed by atoms with Crippen molar-refractivity contribution in [2.45, 2.75) is 53.1 Å². The molecular weight excluding hydrogens is 318 g/mol. The first-order chi connectivity index (χ1) is 11.8.